The van der Waals surface area contributed by atoms with E-state index in [-0.39, 0.29) is 5.75 Å². The van der Waals surface area contributed by atoms with Crippen LogP contribution in [-0.2, 0) is 14.3 Å². The summed E-state index contributed by atoms with van der Waals surface area (Å²) >= 11 is 1.08. The first-order chi connectivity index (χ1) is 13.8. The molecule has 0 unspecified atom stereocenters. The van der Waals surface area contributed by atoms with Gasteiger partial charge in [0.15, 0.2) is 23.6 Å². The van der Waals surface area contributed by atoms with E-state index in [1.165, 1.54) is 13.1 Å². The number of nitrogens with one attached hydrogen (secondary N) is 1. The molecule has 1 N–H and O–H groups in total. The third kappa shape index (κ3) is 5.02. The quantitative estimate of drug-likeness (QED) is 0.371. The molecule has 0 bridgehead atoms. The Morgan fingerprint density at radius 1 is 1.10 bits per heavy atom. The van der Waals surface area contributed by atoms with E-state index in [9.17, 15) is 22.8 Å². The van der Waals surface area contributed by atoms with E-state index in [0.717, 1.165) is 17.8 Å². The number of thioether (sulfide) groups is 1. The first-order valence-electron chi connectivity index (χ1n) is 8.33. The number of benzene rings is 2. The number of ether oxygens (including phenoxy) is 1. The van der Waals surface area contributed by atoms with Gasteiger partial charge in [-0.25, -0.2) is 18.2 Å². The third-order valence-corrected chi connectivity index (χ3v) is 4.61. The van der Waals surface area contributed by atoms with Gasteiger partial charge in [-0.1, -0.05) is 23.9 Å². The zero-order chi connectivity index (χ0) is 21.0. The first kappa shape index (κ1) is 20.6. The highest BCUT2D eigenvalue weighted by Gasteiger charge is 2.21. The summed E-state index contributed by atoms with van der Waals surface area (Å²) in [6.45, 7) is 1.27. The van der Waals surface area contributed by atoms with Crippen molar-refractivity contribution in [3.05, 3.63) is 60.0 Å². The van der Waals surface area contributed by atoms with Crippen LogP contribution in [-0.4, -0.2) is 33.7 Å². The lowest BCUT2D eigenvalue weighted by atomic mass is 10.2. The first-order valence-corrected chi connectivity index (χ1v) is 9.32. The van der Waals surface area contributed by atoms with Crippen LogP contribution >= 0.6 is 11.8 Å². The Hall–Kier alpha value is -3.14. The molecule has 1 atom stereocenters. The number of hydrogen-bond donors (Lipinski definition) is 1. The molecule has 0 aliphatic carbocycles. The van der Waals surface area contributed by atoms with Crippen LogP contribution < -0.4 is 5.32 Å². The summed E-state index contributed by atoms with van der Waals surface area (Å²) in [5, 5.41) is 2.55. The molecule has 0 aliphatic rings. The number of aromatic nitrogens is 2. The predicted octanol–water partition coefficient (Wildman–Crippen LogP) is 3.71. The van der Waals surface area contributed by atoms with Crippen molar-refractivity contribution >= 4 is 40.4 Å². The number of esters is 1. The van der Waals surface area contributed by atoms with E-state index >= 15 is 0 Å². The molecule has 10 heteroatoms. The SMILES string of the molecule is C[C@@H](OC(=O)CSc1cnc2ccccc2n1)C(=O)Nc1ccc(F)c(F)c1F. The number of halogens is 3. The second-order valence-corrected chi connectivity index (χ2v) is 6.83. The van der Waals surface area contributed by atoms with Crippen molar-refractivity contribution < 1.29 is 27.5 Å². The van der Waals surface area contributed by atoms with Crippen LogP contribution in [0.2, 0.25) is 0 Å². The second-order valence-electron chi connectivity index (χ2n) is 5.83. The summed E-state index contributed by atoms with van der Waals surface area (Å²) in [6.07, 6.45) is 0.237. The topological polar surface area (TPSA) is 81.2 Å². The lowest BCUT2D eigenvalue weighted by Gasteiger charge is -2.14. The molecule has 2 aromatic carbocycles. The fraction of sp³-hybridized carbons (Fsp3) is 0.158. The molecule has 0 radical (unpaired) electrons. The minimum absolute atomic E-state index is 0.135. The van der Waals surface area contributed by atoms with Crippen molar-refractivity contribution in [2.24, 2.45) is 0 Å². The average molecular weight is 421 g/mol. The average Bonchev–Trinajstić information content (AvgIpc) is 2.72. The van der Waals surface area contributed by atoms with Crippen molar-refractivity contribution in [1.29, 1.82) is 0 Å². The molecule has 0 saturated heterocycles. The minimum atomic E-state index is -1.71. The summed E-state index contributed by atoms with van der Waals surface area (Å²) in [4.78, 5) is 32.5. The Labute approximate surface area is 167 Å². The van der Waals surface area contributed by atoms with E-state index in [0.29, 0.717) is 22.1 Å². The summed E-state index contributed by atoms with van der Waals surface area (Å²) in [7, 11) is 0. The molecular weight excluding hydrogens is 407 g/mol. The van der Waals surface area contributed by atoms with Crippen molar-refractivity contribution in [2.75, 3.05) is 11.1 Å². The lowest BCUT2D eigenvalue weighted by molar-refractivity contribution is -0.150. The standard InChI is InChI=1S/C19H14F3N3O3S/c1-10(19(27)25-14-7-6-11(20)17(21)18(14)22)28-16(26)9-29-15-8-23-12-4-2-3-5-13(12)24-15/h2-8,10H,9H2,1H3,(H,25,27)/t10-/m1/s1. The summed E-state index contributed by atoms with van der Waals surface area (Å²) in [5.74, 6) is -6.36. The molecule has 0 saturated carbocycles. The Morgan fingerprint density at radius 3 is 2.59 bits per heavy atom. The predicted molar refractivity (Wildman–Crippen MR) is 101 cm³/mol. The number of hydrogen-bond acceptors (Lipinski definition) is 6. The van der Waals surface area contributed by atoms with Crippen LogP contribution in [0.4, 0.5) is 18.9 Å². The largest absolute Gasteiger partial charge is 0.452 e. The van der Waals surface area contributed by atoms with Gasteiger partial charge < -0.3 is 10.1 Å². The number of para-hydroxylation sites is 2. The molecule has 0 spiro atoms. The van der Waals surface area contributed by atoms with Crippen LogP contribution in [0.15, 0.2) is 47.6 Å². The smallest absolute Gasteiger partial charge is 0.317 e. The van der Waals surface area contributed by atoms with Gasteiger partial charge in [0.05, 0.1) is 28.7 Å². The Kier molecular flexibility index (Phi) is 6.32. The maximum absolute atomic E-state index is 13.6. The van der Waals surface area contributed by atoms with Gasteiger partial charge in [-0.15, -0.1) is 0 Å². The fourth-order valence-corrected chi connectivity index (χ4v) is 2.91. The molecule has 3 rings (SSSR count). The van der Waals surface area contributed by atoms with Crippen LogP contribution in [0.1, 0.15) is 6.92 Å². The summed E-state index contributed by atoms with van der Waals surface area (Å²) < 4.78 is 44.7. The molecule has 150 valence electrons. The van der Waals surface area contributed by atoms with Gasteiger partial charge in [-0.05, 0) is 31.2 Å². The molecule has 1 aromatic heterocycles. The van der Waals surface area contributed by atoms with Gasteiger partial charge in [-0.3, -0.25) is 14.6 Å². The summed E-state index contributed by atoms with van der Waals surface area (Å²) in [5.41, 5.74) is 0.832. The highest BCUT2D eigenvalue weighted by molar-refractivity contribution is 7.99. The number of carbonyl (C=O) groups excluding carboxylic acids is 2. The van der Waals surface area contributed by atoms with Gasteiger partial charge in [-0.2, -0.15) is 0 Å². The van der Waals surface area contributed by atoms with E-state index in [1.807, 2.05) is 12.1 Å². The normalized spacial score (nSPS) is 11.9. The van der Waals surface area contributed by atoms with E-state index in [1.54, 1.807) is 12.1 Å². The van der Waals surface area contributed by atoms with Crippen molar-refractivity contribution in [1.82, 2.24) is 9.97 Å². The number of fused-ring (bicyclic) bond motifs is 1. The summed E-state index contributed by atoms with van der Waals surface area (Å²) in [6, 6.07) is 8.78. The molecule has 1 heterocycles. The lowest BCUT2D eigenvalue weighted by Crippen LogP contribution is -2.31. The van der Waals surface area contributed by atoms with E-state index in [2.05, 4.69) is 15.3 Å². The highest BCUT2D eigenvalue weighted by atomic mass is 32.2. The molecule has 29 heavy (non-hydrogen) atoms. The maximum Gasteiger partial charge on any atom is 0.317 e. The monoisotopic (exact) mass is 421 g/mol. The highest BCUT2D eigenvalue weighted by Crippen LogP contribution is 2.21. The van der Waals surface area contributed by atoms with Gasteiger partial charge in [0.25, 0.3) is 5.91 Å². The van der Waals surface area contributed by atoms with Gasteiger partial charge >= 0.3 is 5.97 Å². The minimum Gasteiger partial charge on any atom is -0.452 e. The Bertz CT molecular complexity index is 1080. The van der Waals surface area contributed by atoms with Crippen LogP contribution in [0.25, 0.3) is 11.0 Å². The van der Waals surface area contributed by atoms with E-state index in [4.69, 9.17) is 4.74 Å². The third-order valence-electron chi connectivity index (χ3n) is 3.73. The Morgan fingerprint density at radius 2 is 1.83 bits per heavy atom. The van der Waals surface area contributed by atoms with Crippen LogP contribution in [0.5, 0.6) is 0 Å². The zero-order valence-corrected chi connectivity index (χ0v) is 15.8. The number of amides is 1. The fourth-order valence-electron chi connectivity index (χ4n) is 2.28. The van der Waals surface area contributed by atoms with Crippen molar-refractivity contribution in [3.63, 3.8) is 0 Å². The van der Waals surface area contributed by atoms with E-state index < -0.39 is 41.1 Å². The van der Waals surface area contributed by atoms with Crippen molar-refractivity contribution in [2.45, 2.75) is 18.1 Å². The van der Waals surface area contributed by atoms with Crippen LogP contribution in [0.3, 0.4) is 0 Å². The molecule has 6 nitrogen and oxygen atoms in total. The van der Waals surface area contributed by atoms with Gasteiger partial charge in [0.1, 0.15) is 5.03 Å². The zero-order valence-electron chi connectivity index (χ0n) is 15.0. The number of rotatable bonds is 6. The van der Waals surface area contributed by atoms with Gasteiger partial charge in [0, 0.05) is 0 Å². The second kappa shape index (κ2) is 8.91. The Balaban J connectivity index is 1.54. The number of nitrogens with zero attached hydrogens (tertiary/aromatic N) is 2. The molecule has 0 fully saturated rings. The number of carbonyl (C=O) groups is 2. The van der Waals surface area contributed by atoms with Gasteiger partial charge in [0.2, 0.25) is 0 Å². The van der Waals surface area contributed by atoms with Crippen molar-refractivity contribution in [3.8, 4) is 0 Å². The molecule has 1 amide bonds. The molecular formula is C19H14F3N3O3S. The number of anilines is 1. The maximum atomic E-state index is 13.6. The van der Waals surface area contributed by atoms with Crippen LogP contribution in [0, 0.1) is 17.5 Å². The molecule has 3 aromatic rings. The molecule has 0 aliphatic heterocycles.